The highest BCUT2D eigenvalue weighted by molar-refractivity contribution is 5.94. The Bertz CT molecular complexity index is 565. The predicted molar refractivity (Wildman–Crippen MR) is 85.8 cm³/mol. The largest absolute Gasteiger partial charge is 0.416 e. The van der Waals surface area contributed by atoms with Gasteiger partial charge < -0.3 is 9.80 Å². The van der Waals surface area contributed by atoms with E-state index in [-0.39, 0.29) is 11.9 Å². The van der Waals surface area contributed by atoms with Crippen molar-refractivity contribution in [2.45, 2.75) is 44.3 Å². The number of hydrogen-bond acceptors (Lipinski definition) is 2. The molecule has 1 amide bonds. The van der Waals surface area contributed by atoms with Crippen LogP contribution in [-0.2, 0) is 6.18 Å². The number of halogens is 3. The molecule has 132 valence electrons. The Morgan fingerprint density at radius 1 is 1.00 bits per heavy atom. The molecule has 3 nitrogen and oxygen atoms in total. The van der Waals surface area contributed by atoms with Crippen molar-refractivity contribution in [1.82, 2.24) is 9.80 Å². The van der Waals surface area contributed by atoms with Crippen LogP contribution in [0, 0.1) is 0 Å². The zero-order chi connectivity index (χ0) is 17.2. The number of carbonyl (C=O) groups is 1. The van der Waals surface area contributed by atoms with Gasteiger partial charge in [-0.2, -0.15) is 13.2 Å². The van der Waals surface area contributed by atoms with Crippen LogP contribution in [0.4, 0.5) is 13.2 Å². The molecule has 0 N–H and O–H groups in total. The van der Waals surface area contributed by atoms with E-state index in [1.165, 1.54) is 25.0 Å². The van der Waals surface area contributed by atoms with E-state index in [0.717, 1.165) is 51.0 Å². The predicted octanol–water partition coefficient (Wildman–Crippen LogP) is 3.80. The average molecular weight is 340 g/mol. The zero-order valence-electron chi connectivity index (χ0n) is 13.7. The molecule has 2 aliphatic heterocycles. The van der Waals surface area contributed by atoms with Crippen molar-refractivity contribution in [3.63, 3.8) is 0 Å². The van der Waals surface area contributed by atoms with Gasteiger partial charge in [0.1, 0.15) is 0 Å². The van der Waals surface area contributed by atoms with Crippen LogP contribution in [0.1, 0.15) is 48.0 Å². The number of rotatable bonds is 3. The summed E-state index contributed by atoms with van der Waals surface area (Å²) in [5, 5.41) is 0. The quantitative estimate of drug-likeness (QED) is 0.836. The van der Waals surface area contributed by atoms with Crippen molar-refractivity contribution in [3.8, 4) is 0 Å². The second-order valence-corrected chi connectivity index (χ2v) is 6.73. The minimum atomic E-state index is -4.37. The highest BCUT2D eigenvalue weighted by Crippen LogP contribution is 2.29. The molecule has 2 aliphatic rings. The number of amides is 1. The molecular formula is C18H23F3N2O. The van der Waals surface area contributed by atoms with Crippen LogP contribution in [0.15, 0.2) is 24.3 Å². The molecule has 24 heavy (non-hydrogen) atoms. The molecule has 2 heterocycles. The van der Waals surface area contributed by atoms with Crippen molar-refractivity contribution >= 4 is 5.91 Å². The highest BCUT2D eigenvalue weighted by atomic mass is 19.4. The molecule has 2 fully saturated rings. The Labute approximate surface area is 140 Å². The van der Waals surface area contributed by atoms with E-state index >= 15 is 0 Å². The molecule has 1 unspecified atom stereocenters. The fraction of sp³-hybridized carbons (Fsp3) is 0.611. The lowest BCUT2D eigenvalue weighted by atomic mass is 10.00. The van der Waals surface area contributed by atoms with Crippen LogP contribution in [0.5, 0.6) is 0 Å². The summed E-state index contributed by atoms with van der Waals surface area (Å²) in [4.78, 5) is 17.0. The lowest BCUT2D eigenvalue weighted by Gasteiger charge is -2.38. The summed E-state index contributed by atoms with van der Waals surface area (Å²) in [5.74, 6) is -0.146. The molecule has 1 aromatic rings. The average Bonchev–Trinajstić information content (AvgIpc) is 3.07. The van der Waals surface area contributed by atoms with Crippen molar-refractivity contribution in [2.75, 3.05) is 26.2 Å². The van der Waals surface area contributed by atoms with Crippen LogP contribution in [0.2, 0.25) is 0 Å². The molecule has 0 aromatic heterocycles. The fourth-order valence-electron chi connectivity index (χ4n) is 3.69. The Morgan fingerprint density at radius 2 is 1.62 bits per heavy atom. The molecule has 0 aliphatic carbocycles. The third-order valence-electron chi connectivity index (χ3n) is 5.01. The zero-order valence-corrected chi connectivity index (χ0v) is 13.7. The van der Waals surface area contributed by atoms with Crippen molar-refractivity contribution < 1.29 is 18.0 Å². The van der Waals surface area contributed by atoms with Gasteiger partial charge in [0.25, 0.3) is 5.91 Å². The van der Waals surface area contributed by atoms with E-state index in [4.69, 9.17) is 0 Å². The van der Waals surface area contributed by atoms with E-state index in [0.29, 0.717) is 12.1 Å². The molecule has 0 radical (unpaired) electrons. The molecular weight excluding hydrogens is 317 g/mol. The van der Waals surface area contributed by atoms with Crippen molar-refractivity contribution in [3.05, 3.63) is 35.4 Å². The maximum atomic E-state index is 12.8. The first-order valence-electron chi connectivity index (χ1n) is 8.66. The Hall–Kier alpha value is -1.56. The first kappa shape index (κ1) is 17.3. The lowest BCUT2D eigenvalue weighted by Crippen LogP contribution is -2.49. The van der Waals surface area contributed by atoms with Crippen LogP contribution < -0.4 is 0 Å². The van der Waals surface area contributed by atoms with Gasteiger partial charge in [0, 0.05) is 24.7 Å². The number of carbonyl (C=O) groups excluding carboxylic acids is 1. The van der Waals surface area contributed by atoms with Crippen LogP contribution >= 0.6 is 0 Å². The van der Waals surface area contributed by atoms with E-state index in [2.05, 4.69) is 4.90 Å². The number of alkyl halides is 3. The fourth-order valence-corrected chi connectivity index (χ4v) is 3.69. The second kappa shape index (κ2) is 7.13. The lowest BCUT2D eigenvalue weighted by molar-refractivity contribution is -0.137. The number of likely N-dealkylation sites (tertiary alicyclic amines) is 2. The van der Waals surface area contributed by atoms with Gasteiger partial charge in [-0.1, -0.05) is 0 Å². The molecule has 1 aromatic carbocycles. The molecule has 0 saturated carbocycles. The topological polar surface area (TPSA) is 23.6 Å². The maximum Gasteiger partial charge on any atom is 0.416 e. The van der Waals surface area contributed by atoms with E-state index in [1.54, 1.807) is 0 Å². The maximum absolute atomic E-state index is 12.8. The Morgan fingerprint density at radius 3 is 2.25 bits per heavy atom. The minimum Gasteiger partial charge on any atom is -0.334 e. The normalized spacial score (nSPS) is 22.8. The van der Waals surface area contributed by atoms with Gasteiger partial charge in [-0.15, -0.1) is 0 Å². The van der Waals surface area contributed by atoms with Crippen molar-refractivity contribution in [2.24, 2.45) is 0 Å². The van der Waals surface area contributed by atoms with Gasteiger partial charge in [0.2, 0.25) is 0 Å². The van der Waals surface area contributed by atoms with E-state index in [9.17, 15) is 18.0 Å². The van der Waals surface area contributed by atoms with Gasteiger partial charge in [0.05, 0.1) is 5.56 Å². The third kappa shape index (κ3) is 3.91. The summed E-state index contributed by atoms with van der Waals surface area (Å²) in [6.07, 6.45) is 1.09. The molecule has 0 bridgehead atoms. The monoisotopic (exact) mass is 340 g/mol. The smallest absolute Gasteiger partial charge is 0.334 e. The molecule has 1 atom stereocenters. The van der Waals surface area contributed by atoms with Gasteiger partial charge in [-0.05, 0) is 69.5 Å². The number of piperidine rings is 1. The van der Waals surface area contributed by atoms with E-state index < -0.39 is 11.7 Å². The number of nitrogens with zero attached hydrogens (tertiary/aromatic N) is 2. The second-order valence-electron chi connectivity index (χ2n) is 6.73. The first-order valence-corrected chi connectivity index (χ1v) is 8.66. The van der Waals surface area contributed by atoms with Crippen LogP contribution in [0.25, 0.3) is 0 Å². The summed E-state index contributed by atoms with van der Waals surface area (Å²) < 4.78 is 38.0. The summed E-state index contributed by atoms with van der Waals surface area (Å²) in [5.41, 5.74) is -0.373. The minimum absolute atomic E-state index is 0.146. The first-order chi connectivity index (χ1) is 11.4. The third-order valence-corrected chi connectivity index (χ3v) is 5.01. The number of benzene rings is 1. The molecule has 6 heteroatoms. The molecule has 2 saturated heterocycles. The van der Waals surface area contributed by atoms with Crippen LogP contribution in [0.3, 0.4) is 0 Å². The highest BCUT2D eigenvalue weighted by Gasteiger charge is 2.32. The van der Waals surface area contributed by atoms with Crippen LogP contribution in [-0.4, -0.2) is 47.9 Å². The standard InChI is InChI=1S/C18H23F3N2O/c19-18(20,21)15-8-6-14(7-9-15)17(24)23-12-2-1-5-16(23)13-22-10-3-4-11-22/h6-9,16H,1-5,10-13H2. The van der Waals surface area contributed by atoms with Gasteiger partial charge in [0.15, 0.2) is 0 Å². The summed E-state index contributed by atoms with van der Waals surface area (Å²) >= 11 is 0. The summed E-state index contributed by atoms with van der Waals surface area (Å²) in [6.45, 7) is 3.74. The Kier molecular flexibility index (Phi) is 5.13. The van der Waals surface area contributed by atoms with Crippen molar-refractivity contribution in [1.29, 1.82) is 0 Å². The molecule has 3 rings (SSSR count). The summed E-state index contributed by atoms with van der Waals surface area (Å²) in [7, 11) is 0. The SMILES string of the molecule is O=C(c1ccc(C(F)(F)F)cc1)N1CCCCC1CN1CCCC1. The van der Waals surface area contributed by atoms with Gasteiger partial charge in [-0.3, -0.25) is 4.79 Å². The van der Waals surface area contributed by atoms with Gasteiger partial charge >= 0.3 is 6.18 Å². The summed E-state index contributed by atoms with van der Waals surface area (Å²) in [6, 6.07) is 4.75. The Balaban J connectivity index is 1.71. The van der Waals surface area contributed by atoms with Gasteiger partial charge in [-0.25, -0.2) is 0 Å². The number of hydrogen-bond donors (Lipinski definition) is 0. The van der Waals surface area contributed by atoms with E-state index in [1.807, 2.05) is 4.90 Å². The molecule has 0 spiro atoms.